The first-order chi connectivity index (χ1) is 28.2. The molecule has 0 saturated heterocycles. The second kappa shape index (κ2) is 16.8. The zero-order chi connectivity index (χ0) is 38.6. The van der Waals surface area contributed by atoms with Gasteiger partial charge in [-0.2, -0.15) is 42.1 Å². The molecule has 0 amide bonds. The number of pyridine rings is 1. The van der Waals surface area contributed by atoms with E-state index in [1.807, 2.05) is 152 Å². The molecule has 1 radical (unpaired) electrons. The quantitative estimate of drug-likeness (QED) is 0.170. The SMILES string of the molecule is COc1c[c-]c(-n2nc3ccccc3n2)c2ccccc12.COc1c[c-]c(-n2nc3ccccc3n2)c2ccccc12.[Ir].c1ccc(-c2nc3ccccc3[nH]2)nc1. The zero-order valence-electron chi connectivity index (χ0n) is 31.2. The number of ether oxygens (including phenoxy) is 2. The summed E-state index contributed by atoms with van der Waals surface area (Å²) >= 11 is 0. The molecule has 0 bridgehead atoms. The van der Waals surface area contributed by atoms with Gasteiger partial charge in [0, 0.05) is 37.8 Å². The fourth-order valence-electron chi connectivity index (χ4n) is 6.55. The number of hydrogen-bond donors (Lipinski definition) is 1. The number of aromatic amines is 1. The predicted octanol–water partition coefficient (Wildman–Crippen LogP) is 9.39. The van der Waals surface area contributed by atoms with Crippen LogP contribution in [0.25, 0.3) is 77.5 Å². The van der Waals surface area contributed by atoms with E-state index in [0.29, 0.717) is 0 Å². The van der Waals surface area contributed by atoms with Crippen molar-refractivity contribution in [3.05, 3.63) is 170 Å². The molecule has 0 aliphatic rings. The Kier molecular flexibility index (Phi) is 10.9. The number of methoxy groups -OCH3 is 2. The number of benzene rings is 7. The van der Waals surface area contributed by atoms with Gasteiger partial charge in [0.1, 0.15) is 27.8 Å². The predicted molar refractivity (Wildman–Crippen MR) is 223 cm³/mol. The van der Waals surface area contributed by atoms with Gasteiger partial charge in [-0.3, -0.25) is 4.98 Å². The van der Waals surface area contributed by atoms with Crippen molar-refractivity contribution in [2.75, 3.05) is 14.2 Å². The molecule has 11 nitrogen and oxygen atoms in total. The minimum absolute atomic E-state index is 0. The van der Waals surface area contributed by atoms with E-state index in [4.69, 9.17) is 9.47 Å². The molecule has 1 N–H and O–H groups in total. The summed E-state index contributed by atoms with van der Waals surface area (Å²) in [6.07, 6.45) is 1.77. The zero-order valence-corrected chi connectivity index (χ0v) is 33.6. The first-order valence-corrected chi connectivity index (χ1v) is 18.1. The first-order valence-electron chi connectivity index (χ1n) is 18.1. The molecule has 4 heterocycles. The summed E-state index contributed by atoms with van der Waals surface area (Å²) < 4.78 is 10.8. The van der Waals surface area contributed by atoms with Crippen molar-refractivity contribution in [1.82, 2.24) is 44.9 Å². The Morgan fingerprint density at radius 3 is 1.33 bits per heavy atom. The number of para-hydroxylation sites is 2. The van der Waals surface area contributed by atoms with E-state index in [1.165, 1.54) is 0 Å². The van der Waals surface area contributed by atoms with Crippen molar-refractivity contribution in [2.45, 2.75) is 0 Å². The van der Waals surface area contributed by atoms with Crippen LogP contribution in [0.5, 0.6) is 11.5 Å². The molecule has 11 aromatic rings. The normalized spacial score (nSPS) is 10.8. The van der Waals surface area contributed by atoms with Crippen molar-refractivity contribution in [2.24, 2.45) is 0 Å². The van der Waals surface area contributed by atoms with Gasteiger partial charge < -0.3 is 14.5 Å². The number of fused-ring (bicyclic) bond motifs is 5. The Morgan fingerprint density at radius 1 is 0.483 bits per heavy atom. The van der Waals surface area contributed by atoms with Gasteiger partial charge >= 0.3 is 0 Å². The van der Waals surface area contributed by atoms with Gasteiger partial charge in [0.05, 0.1) is 25.3 Å². The van der Waals surface area contributed by atoms with Crippen molar-refractivity contribution < 1.29 is 29.6 Å². The maximum absolute atomic E-state index is 5.40. The van der Waals surface area contributed by atoms with Gasteiger partial charge in [-0.05, 0) is 59.9 Å². The number of H-pyrrole nitrogens is 1. The average molecular weight is 936 g/mol. The summed E-state index contributed by atoms with van der Waals surface area (Å²) in [4.78, 5) is 15.2. The van der Waals surface area contributed by atoms with Crippen LogP contribution in [0.15, 0.2) is 158 Å². The van der Waals surface area contributed by atoms with Crippen LogP contribution in [0.1, 0.15) is 0 Å². The van der Waals surface area contributed by atoms with E-state index < -0.39 is 0 Å². The summed E-state index contributed by atoms with van der Waals surface area (Å²) in [6, 6.07) is 55.5. The summed E-state index contributed by atoms with van der Waals surface area (Å²) in [5.41, 5.74) is 7.99. The molecule has 11 rings (SSSR count). The average Bonchev–Trinajstić information content (AvgIpc) is 4.04. The molecule has 0 aliphatic heterocycles. The topological polar surface area (TPSA) is 121 Å². The maximum atomic E-state index is 5.40. The Labute approximate surface area is 346 Å². The molecule has 0 spiro atoms. The standard InChI is InChI=1S/2C17H12N3O.C12H9N3.Ir/c2*1-21-17-11-10-16(12-6-2-3-7-13(12)17)20-18-14-8-4-5-9-15(14)19-20;1-2-6-10-9(5-1)14-12(15-10)11-7-3-4-8-13-11;/h2*2-9,11H,1H3;1-8H,(H,14,15);/q2*-1;;. The molecule has 0 unspecified atom stereocenters. The number of nitrogens with zero attached hydrogens (tertiary/aromatic N) is 8. The summed E-state index contributed by atoms with van der Waals surface area (Å²) in [6.45, 7) is 0. The van der Waals surface area contributed by atoms with Gasteiger partial charge in [-0.15, -0.1) is 24.3 Å². The van der Waals surface area contributed by atoms with Crippen molar-refractivity contribution in [1.29, 1.82) is 0 Å². The van der Waals surface area contributed by atoms with Crippen LogP contribution in [0.4, 0.5) is 0 Å². The molecule has 285 valence electrons. The van der Waals surface area contributed by atoms with Gasteiger partial charge in [0.25, 0.3) is 0 Å². The van der Waals surface area contributed by atoms with Crippen molar-refractivity contribution in [3.8, 4) is 34.4 Å². The molecule has 7 aromatic carbocycles. The molecule has 0 aliphatic carbocycles. The first kappa shape index (κ1) is 37.6. The largest absolute Gasteiger partial charge is 0.554 e. The molecule has 0 atom stereocenters. The third-order valence-corrected chi connectivity index (χ3v) is 9.29. The van der Waals surface area contributed by atoms with Crippen molar-refractivity contribution >= 4 is 54.6 Å². The summed E-state index contributed by atoms with van der Waals surface area (Å²) in [7, 11) is 3.32. The van der Waals surface area contributed by atoms with Gasteiger partial charge in [0.2, 0.25) is 0 Å². The molecule has 0 saturated carbocycles. The number of imidazole rings is 1. The third kappa shape index (κ3) is 7.49. The minimum Gasteiger partial charge on any atom is -0.554 e. The second-order valence-corrected chi connectivity index (χ2v) is 12.8. The van der Waals surface area contributed by atoms with E-state index in [2.05, 4.69) is 47.5 Å². The monoisotopic (exact) mass is 936 g/mol. The molecule has 0 fully saturated rings. The molecular weight excluding hydrogens is 903 g/mol. The summed E-state index contributed by atoms with van der Waals surface area (Å²) in [5.74, 6) is 2.41. The Morgan fingerprint density at radius 2 is 0.897 bits per heavy atom. The second-order valence-electron chi connectivity index (χ2n) is 12.8. The number of hydrogen-bond acceptors (Lipinski definition) is 8. The van der Waals surface area contributed by atoms with E-state index in [-0.39, 0.29) is 20.1 Å². The van der Waals surface area contributed by atoms with Crippen molar-refractivity contribution in [3.63, 3.8) is 0 Å². The van der Waals surface area contributed by atoms with E-state index in [1.54, 1.807) is 30.0 Å². The molecule has 4 aromatic heterocycles. The Bertz CT molecular complexity index is 2890. The Hall–Kier alpha value is -7.27. The fourth-order valence-corrected chi connectivity index (χ4v) is 6.55. The Balaban J connectivity index is 0.000000122. The number of nitrogens with one attached hydrogen (secondary N) is 1. The number of rotatable bonds is 5. The van der Waals surface area contributed by atoms with Gasteiger partial charge in [-0.25, -0.2) is 4.98 Å². The van der Waals surface area contributed by atoms with Crippen LogP contribution in [0.2, 0.25) is 0 Å². The van der Waals surface area contributed by atoms with E-state index in [0.717, 1.165) is 89.0 Å². The smallest absolute Gasteiger partial charge is 0.157 e. The number of aromatic nitrogens is 9. The van der Waals surface area contributed by atoms with Crippen LogP contribution >= 0.6 is 0 Å². The van der Waals surface area contributed by atoms with Crippen LogP contribution in [0.3, 0.4) is 0 Å². The minimum atomic E-state index is 0. The summed E-state index contributed by atoms with van der Waals surface area (Å²) in [5, 5.41) is 22.2. The van der Waals surface area contributed by atoms with E-state index in [9.17, 15) is 0 Å². The molecule has 58 heavy (non-hydrogen) atoms. The van der Waals surface area contributed by atoms with E-state index >= 15 is 0 Å². The van der Waals surface area contributed by atoms with Crippen LogP contribution in [-0.4, -0.2) is 59.2 Å². The fraction of sp³-hybridized carbons (Fsp3) is 0.0435. The van der Waals surface area contributed by atoms with Gasteiger partial charge in [0.15, 0.2) is 5.82 Å². The van der Waals surface area contributed by atoms with Gasteiger partial charge in [-0.1, -0.05) is 100 Å². The molecule has 12 heteroatoms. The molecular formula is C46H33IrN9O2-2. The third-order valence-electron chi connectivity index (χ3n) is 9.29. The van der Waals surface area contributed by atoms with Crippen LogP contribution in [0, 0.1) is 12.1 Å². The van der Waals surface area contributed by atoms with Crippen LogP contribution < -0.4 is 9.47 Å². The maximum Gasteiger partial charge on any atom is 0.157 e. The van der Waals surface area contributed by atoms with Crippen LogP contribution in [-0.2, 0) is 20.1 Å².